The van der Waals surface area contributed by atoms with Crippen molar-refractivity contribution in [1.29, 1.82) is 0 Å². The fourth-order valence-electron chi connectivity index (χ4n) is 2.85. The number of likely N-dealkylation sites (tertiary alicyclic amines) is 1. The van der Waals surface area contributed by atoms with Gasteiger partial charge in [-0.2, -0.15) is 4.37 Å². The summed E-state index contributed by atoms with van der Waals surface area (Å²) in [6.07, 6.45) is 1.32. The minimum atomic E-state index is -0.188. The number of benzene rings is 1. The van der Waals surface area contributed by atoms with Gasteiger partial charge in [0.15, 0.2) is 5.78 Å². The monoisotopic (exact) mass is 360 g/mol. The molecule has 7 nitrogen and oxygen atoms in total. The summed E-state index contributed by atoms with van der Waals surface area (Å²) in [5.74, 6) is 1.45. The summed E-state index contributed by atoms with van der Waals surface area (Å²) in [4.78, 5) is 30.7. The number of piperidine rings is 1. The van der Waals surface area contributed by atoms with Crippen molar-refractivity contribution in [2.24, 2.45) is 5.92 Å². The molecule has 3 rings (SSSR count). The highest BCUT2D eigenvalue weighted by atomic mass is 32.1. The number of rotatable bonds is 4. The predicted molar refractivity (Wildman–Crippen MR) is 95.3 cm³/mol. The lowest BCUT2D eigenvalue weighted by Gasteiger charge is -2.31. The van der Waals surface area contributed by atoms with E-state index in [0.29, 0.717) is 42.5 Å². The third-order valence-corrected chi connectivity index (χ3v) is 4.99. The number of hydrogen-bond donors (Lipinski definition) is 1. The molecule has 1 aliphatic rings. The summed E-state index contributed by atoms with van der Waals surface area (Å²) < 4.78 is 9.15. The zero-order valence-corrected chi connectivity index (χ0v) is 15.0. The Morgan fingerprint density at radius 1 is 1.24 bits per heavy atom. The SMILES string of the molecule is COc1ccc(C(=O)C2CCN(C(=O)Nc3nc(C)ns3)CC2)cc1. The second-order valence-electron chi connectivity index (χ2n) is 5.93. The van der Waals surface area contributed by atoms with Crippen molar-refractivity contribution in [1.82, 2.24) is 14.3 Å². The van der Waals surface area contributed by atoms with Crippen LogP contribution >= 0.6 is 11.5 Å². The van der Waals surface area contributed by atoms with Crippen molar-refractivity contribution >= 4 is 28.5 Å². The van der Waals surface area contributed by atoms with Gasteiger partial charge in [0, 0.05) is 36.1 Å². The molecule has 2 amide bonds. The standard InChI is InChI=1S/C17H20N4O3S/c1-11-18-16(25-20-11)19-17(23)21-9-7-13(8-10-21)15(22)12-3-5-14(24-2)6-4-12/h3-6,13H,7-10H2,1-2H3,(H,18,19,20,23). The second-order valence-corrected chi connectivity index (χ2v) is 6.68. The minimum Gasteiger partial charge on any atom is -0.497 e. The molecule has 0 bridgehead atoms. The Hall–Kier alpha value is -2.48. The number of methoxy groups -OCH3 is 1. The molecule has 0 atom stereocenters. The first kappa shape index (κ1) is 17.3. The van der Waals surface area contributed by atoms with Gasteiger partial charge in [-0.15, -0.1) is 0 Å². The van der Waals surface area contributed by atoms with Gasteiger partial charge in [0.1, 0.15) is 11.6 Å². The Kier molecular flexibility index (Phi) is 5.28. The molecule has 2 aromatic rings. The molecule has 1 aromatic heterocycles. The van der Waals surface area contributed by atoms with Crippen LogP contribution in [0, 0.1) is 12.8 Å². The van der Waals surface area contributed by atoms with Crippen molar-refractivity contribution in [2.45, 2.75) is 19.8 Å². The number of nitrogens with one attached hydrogen (secondary N) is 1. The third-order valence-electron chi connectivity index (χ3n) is 4.27. The van der Waals surface area contributed by atoms with Crippen LogP contribution in [0.25, 0.3) is 0 Å². The number of nitrogens with zero attached hydrogens (tertiary/aromatic N) is 3. The highest BCUT2D eigenvalue weighted by Crippen LogP contribution is 2.23. The number of ketones is 1. The molecule has 132 valence electrons. The molecule has 0 unspecified atom stereocenters. The molecule has 2 heterocycles. The number of carbonyl (C=O) groups is 2. The highest BCUT2D eigenvalue weighted by Gasteiger charge is 2.28. The number of hydrogen-bond acceptors (Lipinski definition) is 6. The number of carbonyl (C=O) groups excluding carboxylic acids is 2. The summed E-state index contributed by atoms with van der Waals surface area (Å²) in [6.45, 7) is 2.88. The van der Waals surface area contributed by atoms with E-state index < -0.39 is 0 Å². The summed E-state index contributed by atoms with van der Waals surface area (Å²) in [5, 5.41) is 3.25. The largest absolute Gasteiger partial charge is 0.497 e. The molecule has 1 fully saturated rings. The maximum absolute atomic E-state index is 12.6. The third kappa shape index (κ3) is 4.14. The Balaban J connectivity index is 1.53. The molecule has 0 radical (unpaired) electrons. The molecule has 25 heavy (non-hydrogen) atoms. The lowest BCUT2D eigenvalue weighted by atomic mass is 9.89. The fraction of sp³-hybridized carbons (Fsp3) is 0.412. The van der Waals surface area contributed by atoms with Crippen LogP contribution in [0.2, 0.25) is 0 Å². The van der Waals surface area contributed by atoms with Gasteiger partial charge in [0.05, 0.1) is 7.11 Å². The van der Waals surface area contributed by atoms with E-state index in [1.165, 1.54) is 0 Å². The Morgan fingerprint density at radius 2 is 1.92 bits per heavy atom. The van der Waals surface area contributed by atoms with Crippen LogP contribution in [0.5, 0.6) is 5.75 Å². The molecule has 8 heteroatoms. The second kappa shape index (κ2) is 7.60. The van der Waals surface area contributed by atoms with Gasteiger partial charge in [0.2, 0.25) is 5.13 Å². The van der Waals surface area contributed by atoms with Crippen LogP contribution in [0.3, 0.4) is 0 Å². The van der Waals surface area contributed by atoms with E-state index in [2.05, 4.69) is 14.7 Å². The quantitative estimate of drug-likeness (QED) is 0.848. The molecule has 1 N–H and O–H groups in total. The summed E-state index contributed by atoms with van der Waals surface area (Å²) >= 11 is 1.16. The van der Waals surface area contributed by atoms with Crippen LogP contribution in [-0.4, -0.2) is 46.3 Å². The lowest BCUT2D eigenvalue weighted by Crippen LogP contribution is -2.42. The molecular formula is C17H20N4O3S. The molecular weight excluding hydrogens is 340 g/mol. The normalized spacial score (nSPS) is 15.0. The van der Waals surface area contributed by atoms with E-state index in [4.69, 9.17) is 4.74 Å². The van der Waals surface area contributed by atoms with Gasteiger partial charge in [-0.1, -0.05) is 0 Å². The number of amides is 2. The van der Waals surface area contributed by atoms with Gasteiger partial charge in [-0.3, -0.25) is 10.1 Å². The van der Waals surface area contributed by atoms with Crippen molar-refractivity contribution in [3.8, 4) is 5.75 Å². The first-order chi connectivity index (χ1) is 12.1. The average Bonchev–Trinajstić information content (AvgIpc) is 3.06. The van der Waals surface area contributed by atoms with Crippen LogP contribution in [0.1, 0.15) is 29.0 Å². The molecule has 0 saturated carbocycles. The van der Waals surface area contributed by atoms with E-state index in [0.717, 1.165) is 17.3 Å². The number of urea groups is 1. The van der Waals surface area contributed by atoms with Gasteiger partial charge in [-0.25, -0.2) is 9.78 Å². The smallest absolute Gasteiger partial charge is 0.323 e. The zero-order valence-electron chi connectivity index (χ0n) is 14.2. The van der Waals surface area contributed by atoms with Gasteiger partial charge < -0.3 is 9.64 Å². The van der Waals surface area contributed by atoms with E-state index in [9.17, 15) is 9.59 Å². The van der Waals surface area contributed by atoms with Crippen molar-refractivity contribution in [3.63, 3.8) is 0 Å². The lowest BCUT2D eigenvalue weighted by molar-refractivity contribution is 0.0859. The maximum atomic E-state index is 12.6. The predicted octanol–water partition coefficient (Wildman–Crippen LogP) is 2.98. The minimum absolute atomic E-state index is 0.0544. The van der Waals surface area contributed by atoms with Crippen molar-refractivity contribution in [3.05, 3.63) is 35.7 Å². The van der Waals surface area contributed by atoms with Crippen LogP contribution < -0.4 is 10.1 Å². The highest BCUT2D eigenvalue weighted by molar-refractivity contribution is 7.09. The van der Waals surface area contributed by atoms with Crippen molar-refractivity contribution < 1.29 is 14.3 Å². The zero-order chi connectivity index (χ0) is 17.8. The van der Waals surface area contributed by atoms with E-state index in [-0.39, 0.29) is 17.7 Å². The van der Waals surface area contributed by atoms with Gasteiger partial charge in [0.25, 0.3) is 0 Å². The summed E-state index contributed by atoms with van der Waals surface area (Å²) in [7, 11) is 1.60. The number of ether oxygens (including phenoxy) is 1. The number of aromatic nitrogens is 2. The molecule has 1 aromatic carbocycles. The Bertz CT molecular complexity index is 752. The maximum Gasteiger partial charge on any atom is 0.323 e. The molecule has 1 aliphatic heterocycles. The van der Waals surface area contributed by atoms with E-state index in [1.807, 2.05) is 0 Å². The summed E-state index contributed by atoms with van der Waals surface area (Å²) in [6, 6.07) is 6.97. The topological polar surface area (TPSA) is 84.4 Å². The van der Waals surface area contributed by atoms with E-state index >= 15 is 0 Å². The van der Waals surface area contributed by atoms with Gasteiger partial charge >= 0.3 is 6.03 Å². The van der Waals surface area contributed by atoms with Crippen molar-refractivity contribution in [2.75, 3.05) is 25.5 Å². The fourth-order valence-corrected chi connectivity index (χ4v) is 3.42. The molecule has 0 spiro atoms. The van der Waals surface area contributed by atoms with Crippen LogP contribution in [-0.2, 0) is 0 Å². The molecule has 0 aliphatic carbocycles. The first-order valence-corrected chi connectivity index (χ1v) is 8.88. The summed E-state index contributed by atoms with van der Waals surface area (Å²) in [5.41, 5.74) is 0.688. The molecule has 1 saturated heterocycles. The average molecular weight is 360 g/mol. The first-order valence-electron chi connectivity index (χ1n) is 8.11. The van der Waals surface area contributed by atoms with E-state index in [1.54, 1.807) is 43.2 Å². The Labute approximate surface area is 150 Å². The van der Waals surface area contributed by atoms with Gasteiger partial charge in [-0.05, 0) is 44.0 Å². The number of anilines is 1. The number of Topliss-reactive ketones (excluding diaryl/α,β-unsaturated/α-hetero) is 1. The van der Waals surface area contributed by atoms with Crippen LogP contribution in [0.4, 0.5) is 9.93 Å². The Morgan fingerprint density at radius 3 is 2.48 bits per heavy atom. The van der Waals surface area contributed by atoms with Crippen LogP contribution in [0.15, 0.2) is 24.3 Å². The number of aryl methyl sites for hydroxylation is 1.